The Balaban J connectivity index is -0.000000285. The first kappa shape index (κ1) is 50.8. The van der Waals surface area contributed by atoms with Gasteiger partial charge in [0.25, 0.3) is 0 Å². The summed E-state index contributed by atoms with van der Waals surface area (Å²) in [6.07, 6.45) is 12.5. The van der Waals surface area contributed by atoms with Gasteiger partial charge in [0.2, 0.25) is 0 Å². The van der Waals surface area contributed by atoms with Crippen molar-refractivity contribution >= 4 is 52.6 Å². The normalized spacial score (nSPS) is 11.2. The number of hydrogen-bond acceptors (Lipinski definition) is 9. The number of aliphatic carboxylic acids is 3. The van der Waals surface area contributed by atoms with E-state index in [2.05, 4.69) is 0 Å². The summed E-state index contributed by atoms with van der Waals surface area (Å²) in [6.45, 7) is 16.0. The van der Waals surface area contributed by atoms with Crippen LogP contribution in [0.4, 0.5) is 0 Å². The van der Waals surface area contributed by atoms with E-state index in [-0.39, 0.29) is 34.7 Å². The third kappa shape index (κ3) is 17.2. The maximum absolute atomic E-state index is 11.5. The van der Waals surface area contributed by atoms with Crippen LogP contribution in [0.15, 0.2) is 0 Å². The average molecular weight is 667 g/mol. The number of carbonyl (C=O) groups is 6. The zero-order valence-corrected chi connectivity index (χ0v) is 31.6. The van der Waals surface area contributed by atoms with Gasteiger partial charge in [-0.15, -0.1) is 0 Å². The Morgan fingerprint density at radius 2 is 0.500 bits per heavy atom. The molecule has 0 atom stereocenters. The Morgan fingerprint density at radius 3 is 0.565 bits per heavy atom. The number of hydrogen-bond donors (Lipinski definition) is 0. The molecule has 0 unspecified atom stereocenters. The van der Waals surface area contributed by atoms with Crippen LogP contribution >= 0.6 is 0 Å². The van der Waals surface area contributed by atoms with Gasteiger partial charge in [-0.25, -0.2) is 0 Å². The second-order valence-electron chi connectivity index (χ2n) is 12.4. The summed E-state index contributed by atoms with van der Waals surface area (Å²) in [5.41, 5.74) is -3.69. The van der Waals surface area contributed by atoms with E-state index in [9.17, 15) is 44.1 Å². The molecule has 0 spiro atoms. The van der Waals surface area contributed by atoms with Crippen molar-refractivity contribution in [3.63, 3.8) is 0 Å². The van der Waals surface area contributed by atoms with Crippen molar-refractivity contribution < 1.29 is 44.1 Å². The molecule has 0 aliphatic carbocycles. The number of unbranched alkanes of at least 4 members (excludes halogenated alkanes) is 6. The zero-order chi connectivity index (χ0) is 35.7. The van der Waals surface area contributed by atoms with Gasteiger partial charge in [0.05, 0.1) is 34.2 Å². The predicted molar refractivity (Wildman–Crippen MR) is 177 cm³/mol. The third-order valence-electron chi connectivity index (χ3n) is 8.94. The molecule has 0 N–H and O–H groups in total. The van der Waals surface area contributed by atoms with Crippen LogP contribution in [-0.4, -0.2) is 52.6 Å². The van der Waals surface area contributed by atoms with Crippen LogP contribution < -0.4 is 15.3 Å². The summed E-state index contributed by atoms with van der Waals surface area (Å²) in [7, 11) is 0. The maximum Gasteiger partial charge on any atom is 3.00 e. The summed E-state index contributed by atoms with van der Waals surface area (Å²) < 4.78 is 0. The van der Waals surface area contributed by atoms with E-state index < -0.39 is 34.2 Å². The third-order valence-corrected chi connectivity index (χ3v) is 8.94. The van der Waals surface area contributed by atoms with Gasteiger partial charge in [0.15, 0.2) is 0 Å². The molecular weight excluding hydrogens is 603 g/mol. The fourth-order valence-electron chi connectivity index (χ4n) is 5.35. The predicted octanol–water partition coefficient (Wildman–Crippen LogP) is 4.70. The SMILES string of the molecule is CCCCC(CCCC)(C(C)=O)C(=O)[O-].CCCCC(CCCC)(C(C)=O)C(=O)[O-].CCCCC(CCCC)(C(C)=O)C(=O)[O-].[Al+3]. The minimum atomic E-state index is -1.23. The summed E-state index contributed by atoms with van der Waals surface area (Å²) in [4.78, 5) is 67.9. The molecular formula is C36H63AlO9. The molecule has 0 radical (unpaired) electrons. The number of carboxylic acids is 3. The smallest absolute Gasteiger partial charge is 0.549 e. The quantitative estimate of drug-likeness (QED) is 0.105. The monoisotopic (exact) mass is 666 g/mol. The number of Topliss-reactive ketones (excluding diaryl/α,β-unsaturated/α-hetero) is 3. The molecule has 0 aromatic carbocycles. The Kier molecular flexibility index (Phi) is 30.9. The molecule has 0 aromatic rings. The molecule has 0 amide bonds. The van der Waals surface area contributed by atoms with Crippen LogP contribution in [0, 0.1) is 16.2 Å². The molecule has 0 heterocycles. The first-order valence-electron chi connectivity index (χ1n) is 17.2. The first-order chi connectivity index (χ1) is 21.0. The molecule has 0 aliphatic rings. The molecule has 0 saturated heterocycles. The van der Waals surface area contributed by atoms with Gasteiger partial charge in [-0.05, 0) is 59.3 Å². The van der Waals surface area contributed by atoms with Crippen molar-refractivity contribution in [3.05, 3.63) is 0 Å². The van der Waals surface area contributed by atoms with Gasteiger partial charge in [0, 0.05) is 0 Å². The van der Waals surface area contributed by atoms with Crippen LogP contribution in [-0.2, 0) is 28.8 Å². The van der Waals surface area contributed by atoms with E-state index in [1.165, 1.54) is 20.8 Å². The van der Waals surface area contributed by atoms with E-state index in [0.29, 0.717) is 38.5 Å². The molecule has 0 rings (SSSR count). The summed E-state index contributed by atoms with van der Waals surface area (Å²) in [5, 5.41) is 33.4. The van der Waals surface area contributed by atoms with E-state index >= 15 is 0 Å². The fraction of sp³-hybridized carbons (Fsp3) is 0.833. The van der Waals surface area contributed by atoms with Gasteiger partial charge in [-0.3, -0.25) is 14.4 Å². The minimum Gasteiger partial charge on any atom is -0.549 e. The molecule has 46 heavy (non-hydrogen) atoms. The molecule has 10 heteroatoms. The van der Waals surface area contributed by atoms with E-state index in [1.807, 2.05) is 41.5 Å². The second-order valence-corrected chi connectivity index (χ2v) is 12.4. The van der Waals surface area contributed by atoms with Crippen LogP contribution in [0.2, 0.25) is 0 Å². The molecule has 0 bridgehead atoms. The van der Waals surface area contributed by atoms with E-state index in [0.717, 1.165) is 77.0 Å². The Bertz CT molecular complexity index is 712. The van der Waals surface area contributed by atoms with Crippen LogP contribution in [0.1, 0.15) is 178 Å². The molecule has 0 aliphatic heterocycles. The van der Waals surface area contributed by atoms with Crippen molar-refractivity contribution in [2.45, 2.75) is 178 Å². The molecule has 0 aromatic heterocycles. The van der Waals surface area contributed by atoms with Gasteiger partial charge in [-0.1, -0.05) is 119 Å². The van der Waals surface area contributed by atoms with Crippen LogP contribution in [0.5, 0.6) is 0 Å². The molecule has 0 saturated carbocycles. The van der Waals surface area contributed by atoms with Crippen molar-refractivity contribution in [2.24, 2.45) is 16.2 Å². The van der Waals surface area contributed by atoms with Crippen LogP contribution in [0.25, 0.3) is 0 Å². The number of carbonyl (C=O) groups excluding carboxylic acids is 6. The van der Waals surface area contributed by atoms with Gasteiger partial charge in [0.1, 0.15) is 17.3 Å². The average Bonchev–Trinajstić information content (AvgIpc) is 2.97. The van der Waals surface area contributed by atoms with Crippen molar-refractivity contribution in [3.8, 4) is 0 Å². The molecule has 0 fully saturated rings. The summed E-state index contributed by atoms with van der Waals surface area (Å²) in [5.74, 6) is -4.37. The van der Waals surface area contributed by atoms with Gasteiger partial charge in [-0.2, -0.15) is 0 Å². The van der Waals surface area contributed by atoms with Gasteiger partial charge < -0.3 is 29.7 Å². The fourth-order valence-corrected chi connectivity index (χ4v) is 5.35. The topological polar surface area (TPSA) is 172 Å². The summed E-state index contributed by atoms with van der Waals surface area (Å²) >= 11 is 0. The molecule has 264 valence electrons. The van der Waals surface area contributed by atoms with E-state index in [1.54, 1.807) is 0 Å². The van der Waals surface area contributed by atoms with Crippen molar-refractivity contribution in [1.82, 2.24) is 0 Å². The number of carboxylic acid groups (broad SMARTS) is 3. The Hall–Kier alpha value is -2.05. The largest absolute Gasteiger partial charge is 3.00 e. The van der Waals surface area contributed by atoms with Crippen molar-refractivity contribution in [1.29, 1.82) is 0 Å². The minimum absolute atomic E-state index is 0. The van der Waals surface area contributed by atoms with Crippen LogP contribution in [0.3, 0.4) is 0 Å². The molecule has 9 nitrogen and oxygen atoms in total. The standard InChI is InChI=1S/3C12H22O3.Al/c3*1-4-6-8-12(10(3)13,11(14)15)9-7-5-2;/h3*4-9H2,1-3H3,(H,14,15);/q;;;+3/p-3. The van der Waals surface area contributed by atoms with Crippen molar-refractivity contribution in [2.75, 3.05) is 0 Å². The van der Waals surface area contributed by atoms with Gasteiger partial charge >= 0.3 is 17.4 Å². The second kappa shape index (κ2) is 28.0. The number of rotatable bonds is 24. The number of ketones is 3. The summed E-state index contributed by atoms with van der Waals surface area (Å²) in [6, 6.07) is 0. The Morgan fingerprint density at radius 1 is 0.370 bits per heavy atom. The Labute approximate surface area is 290 Å². The zero-order valence-electron chi connectivity index (χ0n) is 30.5. The first-order valence-corrected chi connectivity index (χ1v) is 17.2. The maximum atomic E-state index is 11.5. The van der Waals surface area contributed by atoms with E-state index in [4.69, 9.17) is 0 Å².